The van der Waals surface area contributed by atoms with E-state index in [0.717, 1.165) is 44.1 Å². The monoisotopic (exact) mass is 832 g/mol. The van der Waals surface area contributed by atoms with Gasteiger partial charge < -0.3 is 26.1 Å². The minimum absolute atomic E-state index is 0.159. The lowest BCUT2D eigenvalue weighted by atomic mass is 10.1. The van der Waals surface area contributed by atoms with Gasteiger partial charge in [0.15, 0.2) is 11.6 Å². The molecule has 0 saturated carbocycles. The van der Waals surface area contributed by atoms with Gasteiger partial charge in [-0.3, -0.25) is 15.0 Å². The standard InChI is InChI=1S/C22H16ClN5O.C15H10N4O2.C8H11NS/c23-15-5-3-4-13(10-15)12-24-22(29)14-8-9-18-19(11-14)26-21(25-18)20-16-6-1-2-7-17(16)27-28-20;20-15(21)9-5-3-7-11-12(9)17-14(16-11)13-8-4-1-2-6-10(8)18-19-13;1-10-8-5-3-2-4-7(8)6-9/h1-11H,12H2,(H,24,29)(H,25,26)(H,27,28);1-7H,(H,16,17)(H,18,19)(H,20,21);2-5H,6,9H2,1H3. The first-order chi connectivity index (χ1) is 29.3. The van der Waals surface area contributed by atoms with Crippen molar-refractivity contribution in [1.82, 2.24) is 45.6 Å². The average molecular weight is 833 g/mol. The van der Waals surface area contributed by atoms with Crippen molar-refractivity contribution in [2.45, 2.75) is 18.0 Å². The quantitative estimate of drug-likeness (QED) is 0.0727. The molecule has 0 fully saturated rings. The Balaban J connectivity index is 0.000000140. The highest BCUT2D eigenvalue weighted by atomic mass is 35.5. The van der Waals surface area contributed by atoms with Crippen molar-refractivity contribution in [3.05, 3.63) is 161 Å². The lowest BCUT2D eigenvalue weighted by Crippen LogP contribution is -2.22. The Morgan fingerprint density at radius 3 is 2.02 bits per heavy atom. The lowest BCUT2D eigenvalue weighted by molar-refractivity contribution is 0.0698. The molecule has 10 rings (SSSR count). The van der Waals surface area contributed by atoms with Crippen LogP contribution in [0, 0.1) is 0 Å². The van der Waals surface area contributed by atoms with Gasteiger partial charge >= 0.3 is 5.97 Å². The Kier molecular flexibility index (Phi) is 11.7. The molecule has 0 aliphatic rings. The highest BCUT2D eigenvalue weighted by Crippen LogP contribution is 2.28. The van der Waals surface area contributed by atoms with Crippen molar-refractivity contribution >= 4 is 79.1 Å². The largest absolute Gasteiger partial charge is 0.478 e. The number of carboxylic acid groups (broad SMARTS) is 1. The van der Waals surface area contributed by atoms with Crippen LogP contribution in [0.4, 0.5) is 0 Å². The SMILES string of the molecule is CSc1ccccc1CN.O=C(NCc1cccc(Cl)c1)c1ccc2nc(-c3n[nH]c4ccccc34)[nH]c2c1.O=C(O)c1cccc2[nH]c(-c3n[nH]c4ccccc34)nc12. The molecule has 15 heteroatoms. The van der Waals surface area contributed by atoms with E-state index in [2.05, 4.69) is 64.0 Å². The summed E-state index contributed by atoms with van der Waals surface area (Å²) in [5.74, 6) is 0.0591. The Morgan fingerprint density at radius 1 is 0.717 bits per heavy atom. The van der Waals surface area contributed by atoms with E-state index in [9.17, 15) is 14.7 Å². The number of aromatic carboxylic acids is 1. The minimum Gasteiger partial charge on any atom is -0.478 e. The van der Waals surface area contributed by atoms with Gasteiger partial charge in [-0.25, -0.2) is 14.8 Å². The number of thioether (sulfide) groups is 1. The third kappa shape index (κ3) is 8.47. The topological polar surface area (TPSA) is 207 Å². The van der Waals surface area contributed by atoms with E-state index in [0.29, 0.717) is 52.1 Å². The molecule has 10 aromatic rings. The summed E-state index contributed by atoms with van der Waals surface area (Å²) in [6, 6.07) is 41.7. The number of aromatic nitrogens is 8. The van der Waals surface area contributed by atoms with Crippen LogP contribution in [0.25, 0.3) is 66.9 Å². The second-order valence-electron chi connectivity index (χ2n) is 13.5. The Bertz CT molecular complexity index is 3110. The third-order valence-electron chi connectivity index (χ3n) is 9.63. The van der Waals surface area contributed by atoms with Crippen LogP contribution in [0.2, 0.25) is 5.02 Å². The van der Waals surface area contributed by atoms with Gasteiger partial charge in [0.25, 0.3) is 5.91 Å². The predicted octanol–water partition coefficient (Wildman–Crippen LogP) is 9.36. The Labute approximate surface area is 351 Å². The predicted molar refractivity (Wildman–Crippen MR) is 238 cm³/mol. The van der Waals surface area contributed by atoms with Crippen molar-refractivity contribution < 1.29 is 14.7 Å². The van der Waals surface area contributed by atoms with E-state index >= 15 is 0 Å². The van der Waals surface area contributed by atoms with Crippen LogP contribution in [0.15, 0.2) is 138 Å². The molecule has 0 aliphatic heterocycles. The number of imidazole rings is 2. The number of amides is 1. The van der Waals surface area contributed by atoms with Crippen LogP contribution >= 0.6 is 23.4 Å². The van der Waals surface area contributed by atoms with Crippen LogP contribution in [-0.2, 0) is 13.1 Å². The highest BCUT2D eigenvalue weighted by molar-refractivity contribution is 7.98. The number of halogens is 1. The van der Waals surface area contributed by atoms with Gasteiger partial charge in [0.2, 0.25) is 0 Å². The summed E-state index contributed by atoms with van der Waals surface area (Å²) in [4.78, 5) is 40.5. The van der Waals surface area contributed by atoms with Gasteiger partial charge in [0.05, 0.1) is 33.1 Å². The van der Waals surface area contributed by atoms with E-state index in [-0.39, 0.29) is 11.5 Å². The molecule has 0 aliphatic carbocycles. The molecule has 0 atom stereocenters. The summed E-state index contributed by atoms with van der Waals surface area (Å²) in [5.41, 5.74) is 14.4. The molecular formula is C45H37ClN10O3S. The van der Waals surface area contributed by atoms with Gasteiger partial charge in [-0.05, 0) is 78.0 Å². The maximum Gasteiger partial charge on any atom is 0.337 e. The number of nitrogens with zero attached hydrogens (tertiary/aromatic N) is 4. The fraction of sp³-hybridized carbons (Fsp3) is 0.0667. The van der Waals surface area contributed by atoms with Gasteiger partial charge in [-0.2, -0.15) is 10.2 Å². The molecule has 298 valence electrons. The number of H-pyrrole nitrogens is 4. The number of rotatable bonds is 8. The minimum atomic E-state index is -0.995. The molecule has 0 saturated heterocycles. The molecule has 60 heavy (non-hydrogen) atoms. The van der Waals surface area contributed by atoms with Crippen molar-refractivity contribution in [3.8, 4) is 23.0 Å². The van der Waals surface area contributed by atoms with E-state index in [1.165, 1.54) is 16.5 Å². The first kappa shape index (κ1) is 39.6. The van der Waals surface area contributed by atoms with Crippen molar-refractivity contribution in [2.24, 2.45) is 5.73 Å². The number of para-hydroxylation sites is 3. The number of hydrogen-bond acceptors (Lipinski definition) is 8. The number of nitrogens with two attached hydrogens (primary N) is 1. The number of hydrogen-bond donors (Lipinski definition) is 7. The lowest BCUT2D eigenvalue weighted by Gasteiger charge is -2.06. The number of nitrogens with one attached hydrogen (secondary N) is 5. The molecule has 8 N–H and O–H groups in total. The Hall–Kier alpha value is -7.26. The van der Waals surface area contributed by atoms with Gasteiger partial charge in [0.1, 0.15) is 16.9 Å². The fourth-order valence-electron chi connectivity index (χ4n) is 6.67. The number of fused-ring (bicyclic) bond motifs is 4. The normalized spacial score (nSPS) is 11.0. The van der Waals surface area contributed by atoms with Gasteiger partial charge in [-0.15, -0.1) is 11.8 Å². The van der Waals surface area contributed by atoms with E-state index in [1.807, 2.05) is 84.9 Å². The molecule has 6 aromatic carbocycles. The van der Waals surface area contributed by atoms with Crippen molar-refractivity contribution in [2.75, 3.05) is 6.26 Å². The molecule has 0 radical (unpaired) electrons. The zero-order valence-electron chi connectivity index (χ0n) is 32.0. The van der Waals surface area contributed by atoms with Crippen LogP contribution in [0.3, 0.4) is 0 Å². The number of carbonyl (C=O) groups excluding carboxylic acids is 1. The molecule has 4 heterocycles. The molecule has 0 bridgehead atoms. The average Bonchev–Trinajstić information content (AvgIpc) is 4.10. The van der Waals surface area contributed by atoms with Crippen LogP contribution in [0.1, 0.15) is 31.8 Å². The van der Waals surface area contributed by atoms with Crippen LogP contribution < -0.4 is 11.1 Å². The van der Waals surface area contributed by atoms with Gasteiger partial charge in [0, 0.05) is 39.3 Å². The second kappa shape index (κ2) is 17.7. The molecule has 1 amide bonds. The number of carboxylic acids is 1. The highest BCUT2D eigenvalue weighted by Gasteiger charge is 2.17. The summed E-state index contributed by atoms with van der Waals surface area (Å²) in [7, 11) is 0. The maximum atomic E-state index is 12.6. The number of carbonyl (C=O) groups is 2. The summed E-state index contributed by atoms with van der Waals surface area (Å²) in [6.07, 6.45) is 2.06. The molecule has 0 spiro atoms. The van der Waals surface area contributed by atoms with Crippen molar-refractivity contribution in [1.29, 1.82) is 0 Å². The zero-order valence-corrected chi connectivity index (χ0v) is 33.6. The van der Waals surface area contributed by atoms with Crippen LogP contribution in [-0.4, -0.2) is 63.6 Å². The maximum absolute atomic E-state index is 12.6. The first-order valence-corrected chi connectivity index (χ1v) is 20.3. The summed E-state index contributed by atoms with van der Waals surface area (Å²) < 4.78 is 0. The zero-order chi connectivity index (χ0) is 41.6. The number of benzene rings is 6. The summed E-state index contributed by atoms with van der Waals surface area (Å²) in [6.45, 7) is 1.04. The third-order valence-corrected chi connectivity index (χ3v) is 10.7. The number of aromatic amines is 4. The summed E-state index contributed by atoms with van der Waals surface area (Å²) in [5, 5.41) is 29.3. The molecule has 13 nitrogen and oxygen atoms in total. The van der Waals surface area contributed by atoms with E-state index < -0.39 is 5.97 Å². The first-order valence-electron chi connectivity index (χ1n) is 18.7. The van der Waals surface area contributed by atoms with Crippen LogP contribution in [0.5, 0.6) is 0 Å². The van der Waals surface area contributed by atoms with E-state index in [1.54, 1.807) is 42.1 Å². The molecular weight excluding hydrogens is 796 g/mol. The van der Waals surface area contributed by atoms with Gasteiger partial charge in [-0.1, -0.05) is 84.4 Å². The molecule has 0 unspecified atom stereocenters. The second-order valence-corrected chi connectivity index (χ2v) is 14.8. The Morgan fingerprint density at radius 2 is 1.35 bits per heavy atom. The molecule has 4 aromatic heterocycles. The summed E-state index contributed by atoms with van der Waals surface area (Å²) >= 11 is 7.73. The fourth-order valence-corrected chi connectivity index (χ4v) is 7.51. The smallest absolute Gasteiger partial charge is 0.337 e. The van der Waals surface area contributed by atoms with Crippen molar-refractivity contribution in [3.63, 3.8) is 0 Å². The van der Waals surface area contributed by atoms with E-state index in [4.69, 9.17) is 17.3 Å².